The van der Waals surface area contributed by atoms with E-state index in [0.29, 0.717) is 27.8 Å². The minimum atomic E-state index is -3.60. The van der Waals surface area contributed by atoms with Gasteiger partial charge in [0.25, 0.3) is 0 Å². The summed E-state index contributed by atoms with van der Waals surface area (Å²) in [5, 5.41) is 4.50. The molecule has 1 heterocycles. The fourth-order valence-corrected chi connectivity index (χ4v) is 3.35. The Morgan fingerprint density at radius 2 is 1.85 bits per heavy atom. The highest BCUT2D eigenvalue weighted by atomic mass is 35.5. The topological polar surface area (TPSA) is 85.5 Å². The van der Waals surface area contributed by atoms with Gasteiger partial charge in [0.05, 0.1) is 19.1 Å². The summed E-state index contributed by atoms with van der Waals surface area (Å²) in [5.74, 6) is 0.937. The smallest absolute Gasteiger partial charge is 0.247 e. The number of benzene rings is 2. The van der Waals surface area contributed by atoms with Crippen LogP contribution >= 0.6 is 11.6 Å². The summed E-state index contributed by atoms with van der Waals surface area (Å²) in [6.45, 7) is -0.111. The van der Waals surface area contributed by atoms with E-state index < -0.39 is 10.0 Å². The number of halogens is 1. The maximum Gasteiger partial charge on any atom is 0.247 e. The Balaban J connectivity index is 1.93. The van der Waals surface area contributed by atoms with Crippen molar-refractivity contribution in [3.05, 3.63) is 59.4 Å². The van der Waals surface area contributed by atoms with Gasteiger partial charge in [0.2, 0.25) is 21.7 Å². The van der Waals surface area contributed by atoms with Crippen LogP contribution < -0.4 is 9.04 Å². The van der Waals surface area contributed by atoms with Crippen molar-refractivity contribution in [1.29, 1.82) is 0 Å². The van der Waals surface area contributed by atoms with Crippen molar-refractivity contribution >= 4 is 27.3 Å². The van der Waals surface area contributed by atoms with Crippen molar-refractivity contribution < 1.29 is 17.7 Å². The van der Waals surface area contributed by atoms with E-state index in [1.807, 2.05) is 0 Å². The lowest BCUT2D eigenvalue weighted by Gasteiger charge is -2.22. The van der Waals surface area contributed by atoms with Gasteiger partial charge in [0.15, 0.2) is 0 Å². The zero-order valence-electron chi connectivity index (χ0n) is 14.1. The first-order chi connectivity index (χ1) is 12.4. The number of ether oxygens (including phenoxy) is 1. The molecule has 0 aliphatic carbocycles. The molecule has 3 aromatic rings. The van der Waals surface area contributed by atoms with Crippen LogP contribution in [0.5, 0.6) is 5.75 Å². The third-order valence-corrected chi connectivity index (χ3v) is 4.98. The van der Waals surface area contributed by atoms with Gasteiger partial charge in [-0.15, -0.1) is 0 Å². The fourth-order valence-electron chi connectivity index (χ4n) is 2.38. The molecule has 7 nitrogen and oxygen atoms in total. The normalized spacial score (nSPS) is 11.3. The van der Waals surface area contributed by atoms with Gasteiger partial charge in [0, 0.05) is 10.6 Å². The SMILES string of the molecule is COc1ccccc1N(Cc1nc(-c2ccc(Cl)cc2)no1)S(C)(=O)=O. The Labute approximate surface area is 156 Å². The Hall–Kier alpha value is -2.58. The van der Waals surface area contributed by atoms with Gasteiger partial charge in [-0.2, -0.15) is 4.98 Å². The van der Waals surface area contributed by atoms with Crippen LogP contribution in [0.3, 0.4) is 0 Å². The molecular weight excluding hydrogens is 378 g/mol. The van der Waals surface area contributed by atoms with E-state index in [-0.39, 0.29) is 12.4 Å². The molecule has 0 unspecified atom stereocenters. The zero-order chi connectivity index (χ0) is 18.7. The van der Waals surface area contributed by atoms with Crippen LogP contribution in [0.15, 0.2) is 53.1 Å². The first-order valence-electron chi connectivity index (χ1n) is 7.58. The molecule has 2 aromatic carbocycles. The van der Waals surface area contributed by atoms with Crippen LogP contribution in [0, 0.1) is 0 Å². The number of anilines is 1. The summed E-state index contributed by atoms with van der Waals surface area (Å²) in [6.07, 6.45) is 1.11. The maximum absolute atomic E-state index is 12.3. The highest BCUT2D eigenvalue weighted by molar-refractivity contribution is 7.92. The van der Waals surface area contributed by atoms with Crippen molar-refractivity contribution in [3.63, 3.8) is 0 Å². The Morgan fingerprint density at radius 1 is 1.15 bits per heavy atom. The number of aromatic nitrogens is 2. The number of methoxy groups -OCH3 is 1. The van der Waals surface area contributed by atoms with Crippen molar-refractivity contribution in [1.82, 2.24) is 10.1 Å². The first kappa shape index (κ1) is 18.2. The second-order valence-corrected chi connectivity index (χ2v) is 7.80. The van der Waals surface area contributed by atoms with E-state index >= 15 is 0 Å². The van der Waals surface area contributed by atoms with Gasteiger partial charge in [-0.1, -0.05) is 28.9 Å². The molecule has 26 heavy (non-hydrogen) atoms. The Bertz CT molecular complexity index is 1000. The van der Waals surface area contributed by atoms with E-state index in [9.17, 15) is 8.42 Å². The van der Waals surface area contributed by atoms with Crippen LogP contribution in [0.4, 0.5) is 5.69 Å². The van der Waals surface area contributed by atoms with Crippen molar-refractivity contribution in [2.75, 3.05) is 17.7 Å². The molecule has 0 fully saturated rings. The van der Waals surface area contributed by atoms with Crippen molar-refractivity contribution in [2.45, 2.75) is 6.54 Å². The molecule has 0 atom stereocenters. The van der Waals surface area contributed by atoms with E-state index in [2.05, 4.69) is 10.1 Å². The number of nitrogens with zero attached hydrogens (tertiary/aromatic N) is 3. The summed E-state index contributed by atoms with van der Waals surface area (Å²) < 4.78 is 36.2. The van der Waals surface area contributed by atoms with E-state index in [4.69, 9.17) is 20.9 Å². The number of hydrogen-bond acceptors (Lipinski definition) is 6. The minimum absolute atomic E-state index is 0.111. The van der Waals surface area contributed by atoms with Crippen LogP contribution in [-0.4, -0.2) is 31.9 Å². The van der Waals surface area contributed by atoms with E-state index in [1.54, 1.807) is 48.5 Å². The highest BCUT2D eigenvalue weighted by Gasteiger charge is 2.24. The third kappa shape index (κ3) is 3.97. The molecular formula is C17H16ClN3O4S. The molecule has 3 rings (SSSR count). The minimum Gasteiger partial charge on any atom is -0.495 e. The van der Waals surface area contributed by atoms with Crippen LogP contribution in [0.2, 0.25) is 5.02 Å². The largest absolute Gasteiger partial charge is 0.495 e. The first-order valence-corrected chi connectivity index (χ1v) is 9.80. The molecule has 0 radical (unpaired) electrons. The maximum atomic E-state index is 12.3. The average molecular weight is 394 g/mol. The van der Waals surface area contributed by atoms with Crippen LogP contribution in [0.1, 0.15) is 5.89 Å². The standard InChI is InChI=1S/C17H16ClN3O4S/c1-24-15-6-4-3-5-14(15)21(26(2,22)23)11-16-19-17(20-25-16)12-7-9-13(18)10-8-12/h3-10H,11H2,1-2H3. The van der Waals surface area contributed by atoms with Crippen LogP contribution in [-0.2, 0) is 16.6 Å². The molecule has 0 aliphatic rings. The monoisotopic (exact) mass is 393 g/mol. The highest BCUT2D eigenvalue weighted by Crippen LogP contribution is 2.31. The Kier molecular flexibility index (Phi) is 5.15. The van der Waals surface area contributed by atoms with Gasteiger partial charge < -0.3 is 9.26 Å². The van der Waals surface area contributed by atoms with Crippen molar-refractivity contribution in [3.8, 4) is 17.1 Å². The van der Waals surface area contributed by atoms with Crippen molar-refractivity contribution in [2.24, 2.45) is 0 Å². The summed E-state index contributed by atoms with van der Waals surface area (Å²) in [7, 11) is -2.12. The number of rotatable bonds is 6. The molecule has 9 heteroatoms. The summed E-state index contributed by atoms with van der Waals surface area (Å²) >= 11 is 5.87. The van der Waals surface area contributed by atoms with Gasteiger partial charge in [0.1, 0.15) is 12.3 Å². The van der Waals surface area contributed by atoms with Gasteiger partial charge in [-0.3, -0.25) is 4.31 Å². The molecule has 0 amide bonds. The van der Waals surface area contributed by atoms with Crippen LogP contribution in [0.25, 0.3) is 11.4 Å². The Morgan fingerprint density at radius 3 is 2.50 bits per heavy atom. The molecule has 0 aliphatic heterocycles. The molecule has 0 N–H and O–H groups in total. The molecule has 0 saturated carbocycles. The predicted octanol–water partition coefficient (Wildman–Crippen LogP) is 3.36. The number of para-hydroxylation sites is 2. The predicted molar refractivity (Wildman–Crippen MR) is 98.8 cm³/mol. The second-order valence-electron chi connectivity index (χ2n) is 5.46. The molecule has 0 spiro atoms. The summed E-state index contributed by atoms with van der Waals surface area (Å²) in [6, 6.07) is 13.8. The lowest BCUT2D eigenvalue weighted by molar-refractivity contribution is 0.379. The molecule has 1 aromatic heterocycles. The third-order valence-electron chi connectivity index (χ3n) is 3.60. The number of sulfonamides is 1. The van der Waals surface area contributed by atoms with E-state index in [1.165, 1.54) is 7.11 Å². The second kappa shape index (κ2) is 7.35. The lowest BCUT2D eigenvalue weighted by atomic mass is 10.2. The quantitative estimate of drug-likeness (QED) is 0.638. The summed E-state index contributed by atoms with van der Waals surface area (Å²) in [4.78, 5) is 4.28. The van der Waals surface area contributed by atoms with Gasteiger partial charge >= 0.3 is 0 Å². The van der Waals surface area contributed by atoms with Gasteiger partial charge in [-0.05, 0) is 36.4 Å². The fraction of sp³-hybridized carbons (Fsp3) is 0.176. The van der Waals surface area contributed by atoms with Gasteiger partial charge in [-0.25, -0.2) is 8.42 Å². The molecule has 0 bridgehead atoms. The average Bonchev–Trinajstić information content (AvgIpc) is 3.08. The molecule has 136 valence electrons. The van der Waals surface area contributed by atoms with E-state index in [0.717, 1.165) is 10.6 Å². The summed E-state index contributed by atoms with van der Waals surface area (Å²) in [5.41, 5.74) is 1.11. The lowest BCUT2D eigenvalue weighted by Crippen LogP contribution is -2.29. The number of hydrogen-bond donors (Lipinski definition) is 0. The zero-order valence-corrected chi connectivity index (χ0v) is 15.7. The molecule has 0 saturated heterocycles.